The van der Waals surface area contributed by atoms with Crippen LogP contribution in [0, 0.1) is 12.3 Å². The number of hydrogen-bond acceptors (Lipinski definition) is 4. The summed E-state index contributed by atoms with van der Waals surface area (Å²) in [5.41, 5.74) is 2.79. The lowest BCUT2D eigenvalue weighted by Gasteiger charge is -2.21. The van der Waals surface area contributed by atoms with Crippen molar-refractivity contribution >= 4 is 16.9 Å². The molecule has 2 aromatic rings. The number of rotatable bonds is 2. The van der Waals surface area contributed by atoms with Crippen LogP contribution in [0.1, 0.15) is 43.4 Å². The van der Waals surface area contributed by atoms with Crippen molar-refractivity contribution in [1.29, 1.82) is 0 Å². The molecule has 122 valence electrons. The fraction of sp³-hybridized carbons (Fsp3) is 0.556. The normalized spacial score (nSPS) is 20.4. The van der Waals surface area contributed by atoms with E-state index in [9.17, 15) is 9.90 Å². The molecule has 1 aliphatic carbocycles. The second kappa shape index (κ2) is 4.81. The zero-order chi connectivity index (χ0) is 16.4. The average molecular weight is 313 g/mol. The molecule has 1 atom stereocenters. The molecule has 2 fully saturated rings. The minimum atomic E-state index is -0.641. The van der Waals surface area contributed by atoms with E-state index in [0.29, 0.717) is 16.3 Å². The van der Waals surface area contributed by atoms with Gasteiger partial charge in [-0.2, -0.15) is 0 Å². The Morgan fingerprint density at radius 3 is 2.65 bits per heavy atom. The van der Waals surface area contributed by atoms with Crippen LogP contribution in [0.25, 0.3) is 10.9 Å². The molecule has 2 heterocycles. The second-order valence-corrected chi connectivity index (χ2v) is 7.37. The van der Waals surface area contributed by atoms with Gasteiger partial charge < -0.3 is 10.0 Å². The largest absolute Gasteiger partial charge is 0.389 e. The van der Waals surface area contributed by atoms with E-state index in [1.807, 2.05) is 19.1 Å². The third-order valence-corrected chi connectivity index (χ3v) is 5.46. The molecule has 4 rings (SSSR count). The first kappa shape index (κ1) is 14.7. The fourth-order valence-electron chi connectivity index (χ4n) is 3.83. The van der Waals surface area contributed by atoms with Gasteiger partial charge in [0, 0.05) is 25.7 Å². The van der Waals surface area contributed by atoms with Crippen molar-refractivity contribution < 1.29 is 5.11 Å². The van der Waals surface area contributed by atoms with E-state index >= 15 is 0 Å². The highest BCUT2D eigenvalue weighted by Crippen LogP contribution is 2.53. The first-order valence-corrected chi connectivity index (χ1v) is 8.34. The Balaban J connectivity index is 1.92. The minimum Gasteiger partial charge on any atom is -0.389 e. The minimum absolute atomic E-state index is 0.0349. The Morgan fingerprint density at radius 1 is 1.30 bits per heavy atom. The number of hydrogen-bond donors (Lipinski definition) is 1. The van der Waals surface area contributed by atoms with E-state index in [2.05, 4.69) is 4.90 Å². The van der Waals surface area contributed by atoms with Gasteiger partial charge in [-0.3, -0.25) is 9.36 Å². The van der Waals surface area contributed by atoms with E-state index in [1.54, 1.807) is 18.5 Å². The van der Waals surface area contributed by atoms with Gasteiger partial charge in [0.2, 0.25) is 5.95 Å². The summed E-state index contributed by atoms with van der Waals surface area (Å²) in [6.45, 7) is 5.62. The summed E-state index contributed by atoms with van der Waals surface area (Å²) in [6.07, 6.45) is 3.14. The maximum absolute atomic E-state index is 12.8. The fourth-order valence-corrected chi connectivity index (χ4v) is 3.83. The van der Waals surface area contributed by atoms with Crippen LogP contribution in [0.15, 0.2) is 16.9 Å². The van der Waals surface area contributed by atoms with Crippen LogP contribution >= 0.6 is 0 Å². The number of aliphatic hydroxyl groups is 1. The van der Waals surface area contributed by atoms with Crippen molar-refractivity contribution in [1.82, 2.24) is 9.55 Å². The van der Waals surface area contributed by atoms with E-state index in [4.69, 9.17) is 4.98 Å². The molecule has 0 radical (unpaired) electrons. The standard InChI is InChI=1S/C18H23N3O2/c1-11-8-13(12(2)22)15-14(9-11)16(23)20(3)17(19-15)21-7-6-18(10-21)4-5-18/h8-9,12,22H,4-7,10H2,1-3H3. The van der Waals surface area contributed by atoms with E-state index < -0.39 is 6.10 Å². The molecule has 1 aromatic heterocycles. The molecule has 1 spiro atoms. The Hall–Kier alpha value is -1.88. The summed E-state index contributed by atoms with van der Waals surface area (Å²) >= 11 is 0. The van der Waals surface area contributed by atoms with E-state index in [1.165, 1.54) is 19.3 Å². The Labute approximate surface area is 135 Å². The number of aromatic nitrogens is 2. The highest BCUT2D eigenvalue weighted by atomic mass is 16.3. The lowest BCUT2D eigenvalue weighted by Crippen LogP contribution is -2.30. The second-order valence-electron chi connectivity index (χ2n) is 7.37. The van der Waals surface area contributed by atoms with Gasteiger partial charge in [0.15, 0.2) is 0 Å². The maximum atomic E-state index is 12.8. The predicted molar refractivity (Wildman–Crippen MR) is 90.9 cm³/mol. The third kappa shape index (κ3) is 2.26. The molecular formula is C18H23N3O2. The molecule has 1 saturated heterocycles. The molecule has 0 amide bonds. The number of anilines is 1. The topological polar surface area (TPSA) is 58.4 Å². The van der Waals surface area contributed by atoms with Gasteiger partial charge in [0.25, 0.3) is 5.56 Å². The van der Waals surface area contributed by atoms with Gasteiger partial charge in [-0.1, -0.05) is 6.07 Å². The molecule has 1 aromatic carbocycles. The number of fused-ring (bicyclic) bond motifs is 1. The summed E-state index contributed by atoms with van der Waals surface area (Å²) in [5, 5.41) is 10.7. The SMILES string of the molecule is Cc1cc(C(C)O)c2nc(N3CCC4(CC4)C3)n(C)c(=O)c2c1. The van der Waals surface area contributed by atoms with Crippen LogP contribution in [-0.4, -0.2) is 27.7 Å². The molecule has 23 heavy (non-hydrogen) atoms. The van der Waals surface area contributed by atoms with Gasteiger partial charge in [0.05, 0.1) is 17.0 Å². The van der Waals surface area contributed by atoms with Crippen LogP contribution in [-0.2, 0) is 7.05 Å². The highest BCUT2D eigenvalue weighted by Gasteiger charge is 2.48. The van der Waals surface area contributed by atoms with Crippen molar-refractivity contribution in [2.75, 3.05) is 18.0 Å². The van der Waals surface area contributed by atoms with Crippen molar-refractivity contribution in [3.63, 3.8) is 0 Å². The monoisotopic (exact) mass is 313 g/mol. The molecular weight excluding hydrogens is 290 g/mol. The lowest BCUT2D eigenvalue weighted by atomic mass is 10.0. The van der Waals surface area contributed by atoms with Gasteiger partial charge in [-0.25, -0.2) is 4.98 Å². The summed E-state index contributed by atoms with van der Waals surface area (Å²) in [5.74, 6) is 0.733. The third-order valence-electron chi connectivity index (χ3n) is 5.46. The molecule has 1 N–H and O–H groups in total. The van der Waals surface area contributed by atoms with Crippen molar-refractivity contribution in [3.8, 4) is 0 Å². The molecule has 5 nitrogen and oxygen atoms in total. The Kier molecular flexibility index (Phi) is 3.07. The molecule has 1 saturated carbocycles. The first-order chi connectivity index (χ1) is 10.9. The summed E-state index contributed by atoms with van der Waals surface area (Å²) in [7, 11) is 1.80. The summed E-state index contributed by atoms with van der Waals surface area (Å²) < 4.78 is 1.66. The van der Waals surface area contributed by atoms with Crippen LogP contribution in [0.5, 0.6) is 0 Å². The molecule has 0 bridgehead atoms. The smallest absolute Gasteiger partial charge is 0.262 e. The van der Waals surface area contributed by atoms with Crippen LogP contribution in [0.3, 0.4) is 0 Å². The Morgan fingerprint density at radius 2 is 2.04 bits per heavy atom. The van der Waals surface area contributed by atoms with Crippen molar-refractivity contribution in [2.24, 2.45) is 12.5 Å². The van der Waals surface area contributed by atoms with Crippen LogP contribution in [0.2, 0.25) is 0 Å². The number of nitrogens with zero attached hydrogens (tertiary/aromatic N) is 3. The number of benzene rings is 1. The van der Waals surface area contributed by atoms with Crippen molar-refractivity contribution in [2.45, 2.75) is 39.2 Å². The average Bonchev–Trinajstić information content (AvgIpc) is 3.13. The van der Waals surface area contributed by atoms with Gasteiger partial charge in [-0.15, -0.1) is 0 Å². The predicted octanol–water partition coefficient (Wildman–Crippen LogP) is 2.29. The van der Waals surface area contributed by atoms with E-state index in [-0.39, 0.29) is 5.56 Å². The zero-order valence-corrected chi connectivity index (χ0v) is 14.0. The van der Waals surface area contributed by atoms with Gasteiger partial charge >= 0.3 is 0 Å². The first-order valence-electron chi connectivity index (χ1n) is 8.34. The molecule has 1 unspecified atom stereocenters. The molecule has 2 aliphatic rings. The van der Waals surface area contributed by atoms with Gasteiger partial charge in [-0.05, 0) is 50.2 Å². The molecule has 5 heteroatoms. The quantitative estimate of drug-likeness (QED) is 0.924. The lowest BCUT2D eigenvalue weighted by molar-refractivity contribution is 0.200. The van der Waals surface area contributed by atoms with Crippen molar-refractivity contribution in [3.05, 3.63) is 33.6 Å². The zero-order valence-electron chi connectivity index (χ0n) is 14.0. The Bertz CT molecular complexity index is 849. The number of aryl methyl sites for hydroxylation is 1. The summed E-state index contributed by atoms with van der Waals surface area (Å²) in [6, 6.07) is 3.79. The summed E-state index contributed by atoms with van der Waals surface area (Å²) in [4.78, 5) is 19.9. The van der Waals surface area contributed by atoms with E-state index in [0.717, 1.165) is 30.2 Å². The maximum Gasteiger partial charge on any atom is 0.262 e. The van der Waals surface area contributed by atoms with Crippen LogP contribution in [0.4, 0.5) is 5.95 Å². The van der Waals surface area contributed by atoms with Crippen LogP contribution < -0.4 is 10.5 Å². The molecule has 1 aliphatic heterocycles. The number of aliphatic hydroxyl groups excluding tert-OH is 1. The highest BCUT2D eigenvalue weighted by molar-refractivity contribution is 5.83. The van der Waals surface area contributed by atoms with Gasteiger partial charge in [0.1, 0.15) is 0 Å².